The predicted octanol–water partition coefficient (Wildman–Crippen LogP) is 0.444. The van der Waals surface area contributed by atoms with Crippen molar-refractivity contribution in [1.29, 1.82) is 0 Å². The van der Waals surface area contributed by atoms with Crippen LogP contribution < -0.4 is 10.8 Å². The summed E-state index contributed by atoms with van der Waals surface area (Å²) in [5.41, 5.74) is 3.51. The van der Waals surface area contributed by atoms with Crippen molar-refractivity contribution in [3.8, 4) is 0 Å². The molecule has 1 unspecified atom stereocenters. The van der Waals surface area contributed by atoms with Gasteiger partial charge in [0.15, 0.2) is 0 Å². The maximum atomic E-state index is 12.9. The van der Waals surface area contributed by atoms with Gasteiger partial charge in [-0.15, -0.1) is 4.28 Å². The van der Waals surface area contributed by atoms with Crippen molar-refractivity contribution in [1.82, 2.24) is 20.8 Å². The van der Waals surface area contributed by atoms with Crippen molar-refractivity contribution in [3.05, 3.63) is 35.4 Å². The number of nitrogens with zero attached hydrogens (tertiary/aromatic N) is 2. The zero-order valence-electron chi connectivity index (χ0n) is 15.5. The van der Waals surface area contributed by atoms with Crippen LogP contribution in [0.25, 0.3) is 0 Å². The number of nitrogens with one attached hydrogen (secondary N) is 2. The smallest absolute Gasteiger partial charge is 0.312 e. The fraction of sp³-hybridized carbons (Fsp3) is 0.529. The van der Waals surface area contributed by atoms with E-state index in [-0.39, 0.29) is 12.6 Å². The van der Waals surface area contributed by atoms with Gasteiger partial charge in [0.1, 0.15) is 12.1 Å². The van der Waals surface area contributed by atoms with E-state index in [0.29, 0.717) is 22.8 Å². The number of hydrogen-bond acceptors (Lipinski definition) is 7. The summed E-state index contributed by atoms with van der Waals surface area (Å²) >= 11 is 0. The maximum absolute atomic E-state index is 12.9. The molecule has 12 heteroatoms. The third-order valence-corrected chi connectivity index (χ3v) is 5.69. The summed E-state index contributed by atoms with van der Waals surface area (Å²) in [6.45, 7) is 1.24. The number of carbonyl (C=O) groups excluding carboxylic acids is 2. The summed E-state index contributed by atoms with van der Waals surface area (Å²) in [5, 5.41) is 3.88. The number of piperidine rings is 1. The highest BCUT2D eigenvalue weighted by molar-refractivity contribution is 7.80. The first kappa shape index (κ1) is 20.0. The van der Waals surface area contributed by atoms with Crippen LogP contribution in [0.15, 0.2) is 24.3 Å². The van der Waals surface area contributed by atoms with Crippen LogP contribution in [0, 0.1) is 0 Å². The molecular weight excluding hydrogens is 404 g/mol. The minimum atomic E-state index is -4.90. The summed E-state index contributed by atoms with van der Waals surface area (Å²) < 4.78 is 35.8. The molecule has 3 aliphatic rings. The average Bonchev–Trinajstić information content (AvgIpc) is 2.95. The standard InChI is InChI=1S/C17H22N4O7S/c22-16(19-27-10-11-5-3-4-8-18-11)15-13-7-2-1-6-12(13)14-9-20(15)17(23)21(14)28-29(24,25)26/h1-2,6-7,11,14-15,18H,3-5,8-10H2,(H,19,22)(H,24,25,26)/t11?,14-,15-/m0/s1. The third kappa shape index (κ3) is 4.07. The Kier molecular flexibility index (Phi) is 5.44. The maximum Gasteiger partial charge on any atom is 0.418 e. The number of carbonyl (C=O) groups is 2. The lowest BCUT2D eigenvalue weighted by molar-refractivity contribution is -0.139. The number of benzene rings is 1. The van der Waals surface area contributed by atoms with Gasteiger partial charge in [-0.3, -0.25) is 14.2 Å². The Bertz CT molecular complexity index is 903. The van der Waals surface area contributed by atoms with Gasteiger partial charge >= 0.3 is 16.4 Å². The Hall–Kier alpha value is -2.25. The predicted molar refractivity (Wildman–Crippen MR) is 98.2 cm³/mol. The molecule has 11 nitrogen and oxygen atoms in total. The van der Waals surface area contributed by atoms with Crippen molar-refractivity contribution in [2.24, 2.45) is 0 Å². The Morgan fingerprint density at radius 1 is 1.28 bits per heavy atom. The molecule has 3 N–H and O–H groups in total. The highest BCUT2D eigenvalue weighted by atomic mass is 32.3. The van der Waals surface area contributed by atoms with Crippen LogP contribution in [0.3, 0.4) is 0 Å². The van der Waals surface area contributed by atoms with E-state index in [9.17, 15) is 18.0 Å². The van der Waals surface area contributed by atoms with Gasteiger partial charge in [-0.05, 0) is 30.5 Å². The molecule has 0 aromatic heterocycles. The minimum absolute atomic E-state index is 0.0354. The zero-order chi connectivity index (χ0) is 20.6. The Morgan fingerprint density at radius 3 is 2.72 bits per heavy atom. The zero-order valence-corrected chi connectivity index (χ0v) is 16.3. The molecule has 3 atom stereocenters. The third-order valence-electron chi connectivity index (χ3n) is 5.34. The Morgan fingerprint density at radius 2 is 2.03 bits per heavy atom. The van der Waals surface area contributed by atoms with Crippen LogP contribution in [-0.4, -0.2) is 60.6 Å². The lowest BCUT2D eigenvalue weighted by Crippen LogP contribution is -2.45. The molecule has 3 aliphatic heterocycles. The molecule has 1 aromatic carbocycles. The van der Waals surface area contributed by atoms with Gasteiger partial charge in [0.2, 0.25) is 0 Å². The first-order valence-electron chi connectivity index (χ1n) is 9.36. The number of hydroxylamine groups is 3. The fourth-order valence-electron chi connectivity index (χ4n) is 4.07. The molecule has 0 spiro atoms. The van der Waals surface area contributed by atoms with E-state index in [2.05, 4.69) is 15.1 Å². The molecule has 3 heterocycles. The number of fused-ring (bicyclic) bond motifs is 4. The second kappa shape index (κ2) is 7.88. The first-order chi connectivity index (χ1) is 13.8. The van der Waals surface area contributed by atoms with Crippen LogP contribution in [0.2, 0.25) is 0 Å². The normalized spacial score (nSPS) is 26.4. The summed E-state index contributed by atoms with van der Waals surface area (Å²) in [4.78, 5) is 32.1. The van der Waals surface area contributed by atoms with E-state index >= 15 is 0 Å². The number of hydrogen-bond donors (Lipinski definition) is 3. The molecule has 158 valence electrons. The molecule has 0 aliphatic carbocycles. The monoisotopic (exact) mass is 426 g/mol. The van der Waals surface area contributed by atoms with E-state index in [1.807, 2.05) is 0 Å². The fourth-order valence-corrected chi connectivity index (χ4v) is 4.44. The van der Waals surface area contributed by atoms with E-state index < -0.39 is 34.4 Å². The van der Waals surface area contributed by atoms with Crippen molar-refractivity contribution in [2.45, 2.75) is 37.4 Å². The Labute approximate surface area is 167 Å². The van der Waals surface area contributed by atoms with Crippen LogP contribution >= 0.6 is 0 Å². The largest absolute Gasteiger partial charge is 0.418 e. The van der Waals surface area contributed by atoms with Crippen molar-refractivity contribution in [3.63, 3.8) is 0 Å². The molecular formula is C17H22N4O7S. The molecule has 3 amide bonds. The van der Waals surface area contributed by atoms with Gasteiger partial charge in [0, 0.05) is 6.04 Å². The van der Waals surface area contributed by atoms with Crippen LogP contribution in [0.4, 0.5) is 4.79 Å². The van der Waals surface area contributed by atoms with Crippen molar-refractivity contribution < 1.29 is 31.7 Å². The SMILES string of the molecule is O=C(NOCC1CCCCN1)[C@@H]1c2ccccc2[C@@H]2CN1C(=O)N2OS(=O)(=O)O. The van der Waals surface area contributed by atoms with E-state index in [1.165, 1.54) is 4.90 Å². The quantitative estimate of drug-likeness (QED) is 0.440. The highest BCUT2D eigenvalue weighted by Crippen LogP contribution is 2.44. The summed E-state index contributed by atoms with van der Waals surface area (Å²) in [5.74, 6) is -0.547. The second-order valence-corrected chi connectivity index (χ2v) is 8.24. The van der Waals surface area contributed by atoms with Gasteiger partial charge in [0.05, 0.1) is 13.2 Å². The van der Waals surface area contributed by atoms with E-state index in [1.54, 1.807) is 24.3 Å². The number of rotatable bonds is 6. The second-order valence-electron chi connectivity index (χ2n) is 7.23. The molecule has 2 fully saturated rings. The van der Waals surface area contributed by atoms with Gasteiger partial charge < -0.3 is 10.2 Å². The number of amides is 3. The molecule has 2 bridgehead atoms. The van der Waals surface area contributed by atoms with Gasteiger partial charge in [0.25, 0.3) is 5.91 Å². The number of urea groups is 1. The van der Waals surface area contributed by atoms with E-state index in [4.69, 9.17) is 9.39 Å². The average molecular weight is 426 g/mol. The van der Waals surface area contributed by atoms with Crippen LogP contribution in [-0.2, 0) is 24.3 Å². The molecule has 29 heavy (non-hydrogen) atoms. The lowest BCUT2D eigenvalue weighted by Gasteiger charge is -2.31. The van der Waals surface area contributed by atoms with E-state index in [0.717, 1.165) is 25.8 Å². The van der Waals surface area contributed by atoms with Crippen molar-refractivity contribution in [2.75, 3.05) is 19.7 Å². The molecule has 0 saturated carbocycles. The lowest BCUT2D eigenvalue weighted by atomic mass is 9.91. The molecule has 0 radical (unpaired) electrons. The summed E-state index contributed by atoms with van der Waals surface area (Å²) in [6.07, 6.45) is 3.16. The summed E-state index contributed by atoms with van der Waals surface area (Å²) in [7, 11) is -4.90. The van der Waals surface area contributed by atoms with Crippen LogP contribution in [0.5, 0.6) is 0 Å². The molecule has 2 saturated heterocycles. The summed E-state index contributed by atoms with van der Waals surface area (Å²) in [6, 6.07) is 4.34. The molecule has 4 rings (SSSR count). The first-order valence-corrected chi connectivity index (χ1v) is 10.7. The topological polar surface area (TPSA) is 138 Å². The minimum Gasteiger partial charge on any atom is -0.312 e. The van der Waals surface area contributed by atoms with Gasteiger partial charge in [-0.1, -0.05) is 30.7 Å². The Balaban J connectivity index is 1.52. The van der Waals surface area contributed by atoms with Crippen LogP contribution in [0.1, 0.15) is 42.5 Å². The van der Waals surface area contributed by atoms with Gasteiger partial charge in [-0.2, -0.15) is 13.5 Å². The highest BCUT2D eigenvalue weighted by Gasteiger charge is 2.52. The van der Waals surface area contributed by atoms with Crippen molar-refractivity contribution >= 4 is 22.3 Å². The molecule has 1 aromatic rings. The van der Waals surface area contributed by atoms with Gasteiger partial charge in [-0.25, -0.2) is 10.3 Å².